The Morgan fingerprint density at radius 1 is 1.00 bits per heavy atom. The normalized spacial score (nSPS) is 4.50. The third-order valence-corrected chi connectivity index (χ3v) is 0. The maximum atomic E-state index is 8.42. The molecule has 26 valence electrons. The molecule has 0 aliphatic rings. The second-order valence-electron chi connectivity index (χ2n) is 0.289. The van der Waals surface area contributed by atoms with Crippen LogP contribution in [0.1, 0.15) is 0 Å². The Balaban J connectivity index is -0.0000000450. The zero-order valence-corrected chi connectivity index (χ0v) is 7.92. The van der Waals surface area contributed by atoms with E-state index < -0.39 is 7.32 Å². The van der Waals surface area contributed by atoms with E-state index in [1.54, 1.807) is 0 Å². The van der Waals surface area contributed by atoms with Gasteiger partial charge in [-0.3, -0.25) is 7.32 Å². The Kier molecular flexibility index (Phi) is 25.2. The molecule has 0 aromatic carbocycles. The first-order chi connectivity index (χ1) is 1.73. The van der Waals surface area contributed by atoms with Gasteiger partial charge < -0.3 is 15.1 Å². The second kappa shape index (κ2) is 9.64. The van der Waals surface area contributed by atoms with Crippen molar-refractivity contribution in [1.29, 1.82) is 0 Å². The molecule has 6 heteroatoms. The van der Waals surface area contributed by atoms with E-state index in [0.29, 0.717) is 0 Å². The third kappa shape index (κ3) is 53.4. The average Bonchev–Trinajstić information content (AvgIpc) is 0.811. The standard InChI is InChI=1S/Al.BO3.Pb/c;2-1(3)4;/q+3;-3;+2. The molecule has 0 rings (SSSR count). The number of hydrogen-bond donors (Lipinski definition) is 0. The van der Waals surface area contributed by atoms with Crippen molar-refractivity contribution in [1.82, 2.24) is 0 Å². The van der Waals surface area contributed by atoms with Crippen LogP contribution < -0.4 is 15.1 Å². The first kappa shape index (κ1) is 15.7. The monoisotopic (exact) mass is 294 g/mol. The van der Waals surface area contributed by atoms with Crippen LogP contribution in [0.25, 0.3) is 0 Å². The molecule has 0 N–H and O–H groups in total. The summed E-state index contributed by atoms with van der Waals surface area (Å²) >= 11 is 0. The topological polar surface area (TPSA) is 69.2 Å². The summed E-state index contributed by atoms with van der Waals surface area (Å²) in [4.78, 5) is 0. The van der Waals surface area contributed by atoms with Crippen molar-refractivity contribution in [2.75, 3.05) is 0 Å². The second-order valence-corrected chi connectivity index (χ2v) is 0.289. The van der Waals surface area contributed by atoms with Gasteiger partial charge in [-0.2, -0.15) is 0 Å². The predicted molar refractivity (Wildman–Crippen MR) is 17.3 cm³/mol. The van der Waals surface area contributed by atoms with Crippen molar-refractivity contribution in [2.45, 2.75) is 0 Å². The van der Waals surface area contributed by atoms with Gasteiger partial charge in [0.05, 0.1) is 0 Å². The largest absolute Gasteiger partial charge is 3.00 e. The number of rotatable bonds is 0. The Morgan fingerprint density at radius 3 is 1.00 bits per heavy atom. The fourth-order valence-corrected chi connectivity index (χ4v) is 0. The summed E-state index contributed by atoms with van der Waals surface area (Å²) in [7, 11) is -2.92. The van der Waals surface area contributed by atoms with Gasteiger partial charge in [0.15, 0.2) is 0 Å². The van der Waals surface area contributed by atoms with Crippen LogP contribution in [-0.4, -0.2) is 52.0 Å². The molecule has 0 atom stereocenters. The van der Waals surface area contributed by atoms with E-state index in [0.717, 1.165) is 0 Å². The van der Waals surface area contributed by atoms with Crippen molar-refractivity contribution in [2.24, 2.45) is 0 Å². The number of hydrogen-bond acceptors (Lipinski definition) is 3. The molecular weight excluding hydrogens is 293 g/mol. The van der Waals surface area contributed by atoms with Crippen LogP contribution in [-0.2, 0) is 0 Å². The molecule has 6 heavy (non-hydrogen) atoms. The van der Waals surface area contributed by atoms with Crippen LogP contribution in [0.3, 0.4) is 0 Å². The minimum atomic E-state index is -2.92. The predicted octanol–water partition coefficient (Wildman–Crippen LogP) is -4.71. The summed E-state index contributed by atoms with van der Waals surface area (Å²) in [6.07, 6.45) is 0. The first-order valence-electron chi connectivity index (χ1n) is 0.707. The van der Waals surface area contributed by atoms with E-state index in [-0.39, 0.29) is 44.7 Å². The molecule has 0 aliphatic carbocycles. The van der Waals surface area contributed by atoms with Gasteiger partial charge in [-0.25, -0.2) is 0 Å². The van der Waals surface area contributed by atoms with Crippen LogP contribution in [0.2, 0.25) is 0 Å². The SMILES string of the molecule is [Al+3].[O-]B([O-])[O-].[Pb+2]. The van der Waals surface area contributed by atoms with Crippen molar-refractivity contribution in [3.8, 4) is 0 Å². The maximum Gasteiger partial charge on any atom is 3.00 e. The molecule has 0 aromatic heterocycles. The fourth-order valence-electron chi connectivity index (χ4n) is 0. The van der Waals surface area contributed by atoms with E-state index in [4.69, 9.17) is 15.1 Å². The summed E-state index contributed by atoms with van der Waals surface area (Å²) in [5.41, 5.74) is 0. The molecule has 0 saturated carbocycles. The molecule has 0 amide bonds. The first-order valence-corrected chi connectivity index (χ1v) is 0.707. The molecule has 0 fully saturated rings. The molecule has 2 radical (unpaired) electrons. The summed E-state index contributed by atoms with van der Waals surface area (Å²) < 4.78 is 0. The van der Waals surface area contributed by atoms with Gasteiger partial charge in [0.1, 0.15) is 0 Å². The smallest absolute Gasteiger partial charge is 0.907 e. The fraction of sp³-hybridized carbons (Fsp3) is 0. The molecule has 0 unspecified atom stereocenters. The van der Waals surface area contributed by atoms with Crippen LogP contribution in [0.4, 0.5) is 0 Å². The molecule has 0 aliphatic heterocycles. The average molecular weight is 293 g/mol. The minimum Gasteiger partial charge on any atom is -0.907 e. The quantitative estimate of drug-likeness (QED) is 0.421. The summed E-state index contributed by atoms with van der Waals surface area (Å²) in [5.74, 6) is 0. The Hall–Kier alpha value is 1.40. The van der Waals surface area contributed by atoms with Crippen LogP contribution in [0, 0.1) is 0 Å². The van der Waals surface area contributed by atoms with Crippen LogP contribution in [0.15, 0.2) is 0 Å². The van der Waals surface area contributed by atoms with Gasteiger partial charge >= 0.3 is 44.7 Å². The summed E-state index contributed by atoms with van der Waals surface area (Å²) in [6.45, 7) is 0. The molecule has 0 saturated heterocycles. The molecule has 0 bridgehead atoms. The van der Waals surface area contributed by atoms with E-state index in [1.807, 2.05) is 0 Å². The minimum absolute atomic E-state index is 0. The van der Waals surface area contributed by atoms with Gasteiger partial charge in [-0.05, 0) is 0 Å². The van der Waals surface area contributed by atoms with Crippen molar-refractivity contribution in [3.05, 3.63) is 0 Å². The van der Waals surface area contributed by atoms with Crippen molar-refractivity contribution >= 4 is 52.0 Å². The van der Waals surface area contributed by atoms with Crippen molar-refractivity contribution in [3.63, 3.8) is 0 Å². The van der Waals surface area contributed by atoms with Gasteiger partial charge in [-0.15, -0.1) is 0 Å². The maximum absolute atomic E-state index is 8.42. The summed E-state index contributed by atoms with van der Waals surface area (Å²) in [6, 6.07) is 0. The zero-order valence-electron chi connectivity index (χ0n) is 2.88. The Bertz CT molecular complexity index is 15.5. The van der Waals surface area contributed by atoms with Gasteiger partial charge in [-0.1, -0.05) is 0 Å². The van der Waals surface area contributed by atoms with E-state index in [9.17, 15) is 0 Å². The molecule has 0 heterocycles. The van der Waals surface area contributed by atoms with Gasteiger partial charge in [0.2, 0.25) is 0 Å². The molecular formula is AlBO3Pb+2. The van der Waals surface area contributed by atoms with Gasteiger partial charge in [0.25, 0.3) is 0 Å². The molecule has 0 aromatic rings. The summed E-state index contributed by atoms with van der Waals surface area (Å²) in [5, 5.41) is 25.2. The van der Waals surface area contributed by atoms with Crippen LogP contribution in [0.5, 0.6) is 0 Å². The van der Waals surface area contributed by atoms with E-state index in [2.05, 4.69) is 0 Å². The zero-order chi connectivity index (χ0) is 3.58. The van der Waals surface area contributed by atoms with Crippen LogP contribution >= 0.6 is 0 Å². The third-order valence-electron chi connectivity index (χ3n) is 0. The Labute approximate surface area is 66.8 Å². The van der Waals surface area contributed by atoms with E-state index >= 15 is 0 Å². The molecule has 3 nitrogen and oxygen atoms in total. The van der Waals surface area contributed by atoms with E-state index in [1.165, 1.54) is 0 Å². The van der Waals surface area contributed by atoms with Crippen molar-refractivity contribution < 1.29 is 15.1 Å². The van der Waals surface area contributed by atoms with Gasteiger partial charge in [0, 0.05) is 0 Å². The molecule has 0 spiro atoms. The Morgan fingerprint density at radius 2 is 1.00 bits per heavy atom.